The van der Waals surface area contributed by atoms with Gasteiger partial charge in [0.15, 0.2) is 0 Å². The monoisotopic (exact) mass is 221 g/mol. The molecule has 0 amide bonds. The summed E-state index contributed by atoms with van der Waals surface area (Å²) in [6.45, 7) is 3.64. The number of halogens is 3. The molecule has 2 atom stereocenters. The molecule has 0 fully saturated rings. The van der Waals surface area contributed by atoms with Gasteiger partial charge in [-0.3, -0.25) is 4.68 Å². The molecular weight excluding hydrogens is 207 g/mol. The highest BCUT2D eigenvalue weighted by Gasteiger charge is 2.32. The molecule has 0 aliphatic heterocycles. The standard InChI is InChI=1S/C9H14F3N3/c1-3-8(13)6(2)15-5-7(4-14-15)9(10,11)12/h4-6,8H,3,13H2,1-2H3. The molecule has 0 radical (unpaired) electrons. The van der Waals surface area contributed by atoms with Crippen molar-refractivity contribution in [3.8, 4) is 0 Å². The van der Waals surface area contributed by atoms with Crippen molar-refractivity contribution in [1.29, 1.82) is 0 Å². The molecule has 1 aromatic heterocycles. The van der Waals surface area contributed by atoms with Gasteiger partial charge in [0.2, 0.25) is 0 Å². The minimum Gasteiger partial charge on any atom is -0.326 e. The highest BCUT2D eigenvalue weighted by molar-refractivity contribution is 5.09. The van der Waals surface area contributed by atoms with Crippen LogP contribution >= 0.6 is 0 Å². The molecule has 0 spiro atoms. The van der Waals surface area contributed by atoms with E-state index in [0.29, 0.717) is 6.42 Å². The molecule has 1 aromatic rings. The van der Waals surface area contributed by atoms with Crippen molar-refractivity contribution >= 4 is 0 Å². The van der Waals surface area contributed by atoms with Crippen LogP contribution in [0.3, 0.4) is 0 Å². The van der Waals surface area contributed by atoms with Crippen LogP contribution in [0.15, 0.2) is 12.4 Å². The SMILES string of the molecule is CCC(N)C(C)n1cc(C(F)(F)F)cn1. The molecule has 86 valence electrons. The third-order valence-electron chi connectivity index (χ3n) is 2.44. The average Bonchev–Trinajstić information content (AvgIpc) is 2.63. The van der Waals surface area contributed by atoms with E-state index in [4.69, 9.17) is 5.73 Å². The number of hydrogen-bond donors (Lipinski definition) is 1. The molecular formula is C9H14F3N3. The predicted molar refractivity (Wildman–Crippen MR) is 50.2 cm³/mol. The van der Waals surface area contributed by atoms with E-state index < -0.39 is 11.7 Å². The molecule has 0 aromatic carbocycles. The van der Waals surface area contributed by atoms with Gasteiger partial charge in [0, 0.05) is 12.2 Å². The van der Waals surface area contributed by atoms with Crippen LogP contribution < -0.4 is 5.73 Å². The van der Waals surface area contributed by atoms with E-state index in [2.05, 4.69) is 5.10 Å². The van der Waals surface area contributed by atoms with Crippen LogP contribution in [0.2, 0.25) is 0 Å². The summed E-state index contributed by atoms with van der Waals surface area (Å²) in [6.07, 6.45) is -1.84. The van der Waals surface area contributed by atoms with E-state index in [9.17, 15) is 13.2 Å². The molecule has 0 aliphatic carbocycles. The van der Waals surface area contributed by atoms with Gasteiger partial charge in [-0.2, -0.15) is 18.3 Å². The van der Waals surface area contributed by atoms with E-state index in [1.807, 2.05) is 6.92 Å². The van der Waals surface area contributed by atoms with Crippen molar-refractivity contribution in [2.24, 2.45) is 5.73 Å². The molecule has 0 saturated carbocycles. The highest BCUT2D eigenvalue weighted by Crippen LogP contribution is 2.29. The van der Waals surface area contributed by atoms with Crippen molar-refractivity contribution < 1.29 is 13.2 Å². The number of hydrogen-bond acceptors (Lipinski definition) is 2. The lowest BCUT2D eigenvalue weighted by Crippen LogP contribution is -2.29. The maximum atomic E-state index is 12.3. The average molecular weight is 221 g/mol. The van der Waals surface area contributed by atoms with Crippen LogP contribution in [0.4, 0.5) is 13.2 Å². The van der Waals surface area contributed by atoms with Gasteiger partial charge in [-0.25, -0.2) is 0 Å². The fourth-order valence-corrected chi connectivity index (χ4v) is 1.24. The van der Waals surface area contributed by atoms with Crippen molar-refractivity contribution in [1.82, 2.24) is 9.78 Å². The summed E-state index contributed by atoms with van der Waals surface area (Å²) >= 11 is 0. The summed E-state index contributed by atoms with van der Waals surface area (Å²) in [5.41, 5.74) is 4.99. The van der Waals surface area contributed by atoms with E-state index in [-0.39, 0.29) is 12.1 Å². The Hall–Kier alpha value is -1.04. The smallest absolute Gasteiger partial charge is 0.326 e. The van der Waals surface area contributed by atoms with Crippen LogP contribution in [0.1, 0.15) is 31.9 Å². The Bertz CT molecular complexity index is 319. The number of aromatic nitrogens is 2. The second-order valence-corrected chi connectivity index (χ2v) is 3.52. The summed E-state index contributed by atoms with van der Waals surface area (Å²) in [7, 11) is 0. The first-order valence-corrected chi connectivity index (χ1v) is 4.73. The quantitative estimate of drug-likeness (QED) is 0.850. The Morgan fingerprint density at radius 3 is 2.53 bits per heavy atom. The predicted octanol–water partition coefficient (Wildman–Crippen LogP) is 2.20. The van der Waals surface area contributed by atoms with Gasteiger partial charge in [-0.15, -0.1) is 0 Å². The maximum absolute atomic E-state index is 12.3. The molecule has 0 aliphatic rings. The minimum absolute atomic E-state index is 0.189. The number of rotatable bonds is 3. The van der Waals surface area contributed by atoms with Crippen LogP contribution in [0, 0.1) is 0 Å². The summed E-state index contributed by atoms with van der Waals surface area (Å²) in [5.74, 6) is 0. The Kier molecular flexibility index (Phi) is 3.38. The normalized spacial score (nSPS) is 16.4. The lowest BCUT2D eigenvalue weighted by molar-refractivity contribution is -0.137. The number of nitrogens with two attached hydrogens (primary N) is 1. The summed E-state index contributed by atoms with van der Waals surface area (Å²) in [5, 5.41) is 3.67. The molecule has 3 nitrogen and oxygen atoms in total. The third-order valence-corrected chi connectivity index (χ3v) is 2.44. The summed E-state index contributed by atoms with van der Waals surface area (Å²) < 4.78 is 38.0. The second-order valence-electron chi connectivity index (χ2n) is 3.52. The van der Waals surface area contributed by atoms with Crippen molar-refractivity contribution in [3.63, 3.8) is 0 Å². The van der Waals surface area contributed by atoms with Crippen molar-refractivity contribution in [3.05, 3.63) is 18.0 Å². The largest absolute Gasteiger partial charge is 0.419 e. The topological polar surface area (TPSA) is 43.8 Å². The van der Waals surface area contributed by atoms with Crippen molar-refractivity contribution in [2.45, 2.75) is 38.5 Å². The van der Waals surface area contributed by atoms with Gasteiger partial charge in [0.25, 0.3) is 0 Å². The molecule has 1 rings (SSSR count). The van der Waals surface area contributed by atoms with E-state index in [0.717, 1.165) is 12.4 Å². The Labute approximate surface area is 86.1 Å². The first kappa shape index (κ1) is 12.0. The van der Waals surface area contributed by atoms with Crippen LogP contribution in [-0.4, -0.2) is 15.8 Å². The first-order valence-electron chi connectivity index (χ1n) is 4.73. The van der Waals surface area contributed by atoms with Crippen LogP contribution in [-0.2, 0) is 6.18 Å². The van der Waals surface area contributed by atoms with Crippen LogP contribution in [0.5, 0.6) is 0 Å². The maximum Gasteiger partial charge on any atom is 0.419 e. The zero-order valence-corrected chi connectivity index (χ0v) is 8.62. The zero-order chi connectivity index (χ0) is 11.6. The fourth-order valence-electron chi connectivity index (χ4n) is 1.24. The Morgan fingerprint density at radius 1 is 1.53 bits per heavy atom. The minimum atomic E-state index is -4.34. The number of alkyl halides is 3. The molecule has 0 saturated heterocycles. The van der Waals surface area contributed by atoms with E-state index in [1.165, 1.54) is 4.68 Å². The van der Waals surface area contributed by atoms with Gasteiger partial charge in [0.05, 0.1) is 17.8 Å². The first-order chi connectivity index (χ1) is 6.86. The van der Waals surface area contributed by atoms with Gasteiger partial charge in [-0.05, 0) is 13.3 Å². The van der Waals surface area contributed by atoms with Gasteiger partial charge in [-0.1, -0.05) is 6.92 Å². The number of nitrogens with zero attached hydrogens (tertiary/aromatic N) is 2. The van der Waals surface area contributed by atoms with Gasteiger partial charge < -0.3 is 5.73 Å². The molecule has 15 heavy (non-hydrogen) atoms. The third kappa shape index (κ3) is 2.71. The lowest BCUT2D eigenvalue weighted by Gasteiger charge is -2.18. The summed E-state index contributed by atoms with van der Waals surface area (Å²) in [4.78, 5) is 0. The highest BCUT2D eigenvalue weighted by atomic mass is 19.4. The Morgan fingerprint density at radius 2 is 2.13 bits per heavy atom. The van der Waals surface area contributed by atoms with E-state index in [1.54, 1.807) is 6.92 Å². The zero-order valence-electron chi connectivity index (χ0n) is 8.62. The van der Waals surface area contributed by atoms with Crippen LogP contribution in [0.25, 0.3) is 0 Å². The Balaban J connectivity index is 2.85. The molecule has 2 unspecified atom stereocenters. The second kappa shape index (κ2) is 4.22. The van der Waals surface area contributed by atoms with E-state index >= 15 is 0 Å². The molecule has 2 N–H and O–H groups in total. The van der Waals surface area contributed by atoms with Gasteiger partial charge in [0.1, 0.15) is 0 Å². The van der Waals surface area contributed by atoms with Gasteiger partial charge >= 0.3 is 6.18 Å². The van der Waals surface area contributed by atoms with Crippen molar-refractivity contribution in [2.75, 3.05) is 0 Å². The fraction of sp³-hybridized carbons (Fsp3) is 0.667. The summed E-state index contributed by atoms with van der Waals surface area (Å²) in [6, 6.07) is -0.419. The lowest BCUT2D eigenvalue weighted by atomic mass is 10.1. The molecule has 1 heterocycles. The molecule has 6 heteroatoms. The molecule has 0 bridgehead atoms.